The van der Waals surface area contributed by atoms with Gasteiger partial charge < -0.3 is 0 Å². The van der Waals surface area contributed by atoms with Crippen molar-refractivity contribution in [1.82, 2.24) is 0 Å². The molecule has 0 aliphatic heterocycles. The predicted octanol–water partition coefficient (Wildman–Crippen LogP) is 0.0286. The van der Waals surface area contributed by atoms with E-state index in [0.717, 1.165) is 27.4 Å². The van der Waals surface area contributed by atoms with Crippen LogP contribution in [-0.4, -0.2) is 31.9 Å². The summed E-state index contributed by atoms with van der Waals surface area (Å²) in [6, 6.07) is 0. The van der Waals surface area contributed by atoms with E-state index in [1.165, 1.54) is 0 Å². The Bertz CT molecular complexity index is 23.6. The Morgan fingerprint density at radius 3 is 2.20 bits per heavy atom. The van der Waals surface area contributed by atoms with Crippen LogP contribution in [0, 0.1) is 0 Å². The molecule has 0 aliphatic carbocycles. The third-order valence-corrected chi connectivity index (χ3v) is 4.10. The van der Waals surface area contributed by atoms with E-state index in [0.29, 0.717) is 0 Å². The van der Waals surface area contributed by atoms with Crippen molar-refractivity contribution >= 4 is 29.9 Å². The Morgan fingerprint density at radius 1 is 2.00 bits per heavy atom. The molecule has 0 spiro atoms. The van der Waals surface area contributed by atoms with Gasteiger partial charge in [0.1, 0.15) is 0 Å². The van der Waals surface area contributed by atoms with Gasteiger partial charge in [0.15, 0.2) is 0 Å². The van der Waals surface area contributed by atoms with Crippen molar-refractivity contribution < 1.29 is 4.55 Å². The standard InChI is InChI=1S/C2H6OS.Sb.2H/c1-2-4-3;;;/h3H,2H2,1H3;;;/q;-1;;/p+1. The SMILES string of the molecule is CC[SH](O)[SbH2]. The number of rotatable bonds is 1. The fraction of sp³-hybridized carbons (Fsp3) is 1.00. The van der Waals surface area contributed by atoms with E-state index in [1.807, 2.05) is 6.92 Å². The molecule has 34 valence electrons. The van der Waals surface area contributed by atoms with Crippen molar-refractivity contribution in [3.05, 3.63) is 0 Å². The molecule has 0 saturated carbocycles. The fourth-order valence-electron chi connectivity index (χ4n) is 0. The van der Waals surface area contributed by atoms with Crippen LogP contribution in [0.25, 0.3) is 0 Å². The van der Waals surface area contributed by atoms with Crippen LogP contribution < -0.4 is 0 Å². The summed E-state index contributed by atoms with van der Waals surface area (Å²) in [5.74, 6) is 0.984. The van der Waals surface area contributed by atoms with Crippen molar-refractivity contribution in [3.63, 3.8) is 0 Å². The van der Waals surface area contributed by atoms with E-state index >= 15 is 0 Å². The molecule has 0 fully saturated rings. The molecule has 0 aromatic carbocycles. The Hall–Kier alpha value is 1.13. The van der Waals surface area contributed by atoms with Gasteiger partial charge in [-0.25, -0.2) is 0 Å². The van der Waals surface area contributed by atoms with Crippen LogP contribution in [0.4, 0.5) is 0 Å². The monoisotopic (exact) mass is 202 g/mol. The zero-order valence-corrected chi connectivity index (χ0v) is 7.37. The molecule has 0 aromatic heterocycles. The maximum atomic E-state index is 8.48. The number of hydrogen-bond acceptors (Lipinski definition) is 1. The predicted molar refractivity (Wildman–Crippen MR) is 30.7 cm³/mol. The van der Waals surface area contributed by atoms with Crippen LogP contribution in [0.15, 0.2) is 0 Å². The average Bonchev–Trinajstić information content (AvgIpc) is 1.38. The molecule has 0 heterocycles. The minimum absolute atomic E-state index is 0.468. The van der Waals surface area contributed by atoms with Crippen molar-refractivity contribution in [2.75, 3.05) is 5.75 Å². The topological polar surface area (TPSA) is 20.2 Å². The molecule has 1 atom stereocenters. The van der Waals surface area contributed by atoms with Crippen molar-refractivity contribution in [3.8, 4) is 0 Å². The molecule has 0 radical (unpaired) electrons. The van der Waals surface area contributed by atoms with Crippen molar-refractivity contribution in [2.24, 2.45) is 0 Å². The summed E-state index contributed by atoms with van der Waals surface area (Å²) in [7, 11) is -0.468. The van der Waals surface area contributed by atoms with E-state index in [4.69, 9.17) is 4.55 Å². The number of hydrogen-bond donors (Lipinski definition) is 2. The molecule has 5 heavy (non-hydrogen) atoms. The van der Waals surface area contributed by atoms with E-state index in [2.05, 4.69) is 0 Å². The molecule has 1 unspecified atom stereocenters. The molecule has 0 bridgehead atoms. The first-order valence-corrected chi connectivity index (χ1v) is 7.45. The van der Waals surface area contributed by atoms with Crippen LogP contribution in [0.5, 0.6) is 0 Å². The average molecular weight is 203 g/mol. The van der Waals surface area contributed by atoms with Gasteiger partial charge in [0.25, 0.3) is 0 Å². The second-order valence-corrected chi connectivity index (χ2v) is 7.37. The third kappa shape index (κ3) is 5.13. The van der Waals surface area contributed by atoms with E-state index in [9.17, 15) is 0 Å². The molecule has 1 nitrogen and oxygen atoms in total. The summed E-state index contributed by atoms with van der Waals surface area (Å²) >= 11 is 1.04. The quantitative estimate of drug-likeness (QED) is 0.455. The van der Waals surface area contributed by atoms with Gasteiger partial charge in [-0.2, -0.15) is 0 Å². The van der Waals surface area contributed by atoms with E-state index in [1.54, 1.807) is 0 Å². The summed E-state index contributed by atoms with van der Waals surface area (Å²) < 4.78 is 8.48. The molecule has 0 saturated heterocycles. The summed E-state index contributed by atoms with van der Waals surface area (Å²) in [4.78, 5) is 0. The molecular weight excluding hydrogens is 194 g/mol. The van der Waals surface area contributed by atoms with E-state index in [-0.39, 0.29) is 0 Å². The summed E-state index contributed by atoms with van der Waals surface area (Å²) in [6.45, 7) is 2.01. The molecule has 3 heteroatoms. The molecule has 0 aliphatic rings. The second kappa shape index (κ2) is 3.32. The number of thiol groups is 1. The zero-order chi connectivity index (χ0) is 4.28. The van der Waals surface area contributed by atoms with Crippen molar-refractivity contribution in [2.45, 2.75) is 6.92 Å². The fourth-order valence-corrected chi connectivity index (χ4v) is 0. The van der Waals surface area contributed by atoms with Gasteiger partial charge in [-0.15, -0.1) is 0 Å². The van der Waals surface area contributed by atoms with Crippen molar-refractivity contribution in [1.29, 1.82) is 0 Å². The normalized spacial score (nSPS) is 18.6. The van der Waals surface area contributed by atoms with Gasteiger partial charge >= 0.3 is 47.1 Å². The maximum absolute atomic E-state index is 8.48. The first kappa shape index (κ1) is 6.13. The van der Waals surface area contributed by atoms with Gasteiger partial charge in [0.05, 0.1) is 0 Å². The van der Waals surface area contributed by atoms with Gasteiger partial charge in [-0.1, -0.05) is 0 Å². The van der Waals surface area contributed by atoms with E-state index < -0.39 is 8.26 Å². The second-order valence-electron chi connectivity index (χ2n) is 0.756. The van der Waals surface area contributed by atoms with Gasteiger partial charge in [0, 0.05) is 0 Å². The third-order valence-electron chi connectivity index (χ3n) is 0.324. The Morgan fingerprint density at radius 2 is 2.20 bits per heavy atom. The van der Waals surface area contributed by atoms with Crippen LogP contribution in [0.1, 0.15) is 6.92 Å². The first-order chi connectivity index (χ1) is 2.27. The summed E-state index contributed by atoms with van der Waals surface area (Å²) in [6.07, 6.45) is 0. The molecule has 0 amide bonds. The first-order valence-electron chi connectivity index (χ1n) is 1.48. The zero-order valence-electron chi connectivity index (χ0n) is 3.18. The Balaban J connectivity index is 2.54. The minimum atomic E-state index is -0.468. The molecule has 0 aromatic rings. The van der Waals surface area contributed by atoms with Crippen LogP contribution in [0.3, 0.4) is 0 Å². The summed E-state index contributed by atoms with van der Waals surface area (Å²) in [5.41, 5.74) is 0. The van der Waals surface area contributed by atoms with Gasteiger partial charge in [0.2, 0.25) is 0 Å². The Labute approximate surface area is 47.2 Å². The van der Waals surface area contributed by atoms with Crippen LogP contribution in [0.2, 0.25) is 0 Å². The van der Waals surface area contributed by atoms with Crippen LogP contribution in [-0.2, 0) is 0 Å². The molecule has 1 N–H and O–H groups in total. The van der Waals surface area contributed by atoms with Crippen LogP contribution >= 0.6 is 8.26 Å². The van der Waals surface area contributed by atoms with Gasteiger partial charge in [-0.3, -0.25) is 0 Å². The van der Waals surface area contributed by atoms with Gasteiger partial charge in [-0.05, 0) is 0 Å². The molecule has 0 rings (SSSR count). The summed E-state index contributed by atoms with van der Waals surface area (Å²) in [5, 5.41) is 0. The molecular formula is C2H9OSSb. The Kier molecular flexibility index (Phi) is 4.07.